The van der Waals surface area contributed by atoms with Crippen molar-refractivity contribution in [2.45, 2.75) is 11.8 Å². The normalized spacial score (nSPS) is 11.3. The molecule has 3 rings (SSSR count). The maximum Gasteiger partial charge on any atom is 0.280 e. The number of aromatic nitrogens is 3. The molecule has 2 N–H and O–H groups in total. The number of hydrogen-bond acceptors (Lipinski definition) is 4. The van der Waals surface area contributed by atoms with E-state index in [0.717, 1.165) is 6.20 Å². The Balaban J connectivity index is 2.16. The average Bonchev–Trinajstić information content (AvgIpc) is 2.84. The summed E-state index contributed by atoms with van der Waals surface area (Å²) in [5, 5.41) is 5.07. The van der Waals surface area contributed by atoms with Crippen LogP contribution in [0.25, 0.3) is 21.8 Å². The van der Waals surface area contributed by atoms with Crippen LogP contribution in [0.1, 0.15) is 5.69 Å². The molecular formula is C17H15N5O3S. The highest BCUT2D eigenvalue weighted by Gasteiger charge is 2.19. The van der Waals surface area contributed by atoms with Crippen LogP contribution in [-0.2, 0) is 17.1 Å². The van der Waals surface area contributed by atoms with E-state index in [0.29, 0.717) is 22.5 Å². The summed E-state index contributed by atoms with van der Waals surface area (Å²) in [6.07, 6.45) is 1.11. The lowest BCUT2D eigenvalue weighted by Gasteiger charge is -2.07. The summed E-state index contributed by atoms with van der Waals surface area (Å²) in [6.45, 7) is 8.81. The lowest BCUT2D eigenvalue weighted by molar-refractivity contribution is 0.596. The van der Waals surface area contributed by atoms with Crippen molar-refractivity contribution in [3.8, 4) is 16.9 Å². The molecule has 26 heavy (non-hydrogen) atoms. The van der Waals surface area contributed by atoms with Crippen molar-refractivity contribution in [3.05, 3.63) is 70.1 Å². The number of benzene rings is 1. The van der Waals surface area contributed by atoms with Crippen molar-refractivity contribution in [2.75, 3.05) is 0 Å². The second-order valence-corrected chi connectivity index (χ2v) is 7.22. The van der Waals surface area contributed by atoms with Gasteiger partial charge in [0.05, 0.1) is 12.1 Å². The van der Waals surface area contributed by atoms with Crippen LogP contribution in [0, 0.1) is 13.5 Å². The van der Waals surface area contributed by atoms with E-state index >= 15 is 0 Å². The highest BCUT2D eigenvalue weighted by molar-refractivity contribution is 7.89. The summed E-state index contributed by atoms with van der Waals surface area (Å²) in [5.41, 5.74) is 2.08. The lowest BCUT2D eigenvalue weighted by Crippen LogP contribution is -2.21. The maximum atomic E-state index is 12.9. The third kappa shape index (κ3) is 2.92. The second-order valence-electron chi connectivity index (χ2n) is 5.66. The number of hydrogen-bond donors (Lipinski definition) is 1. The zero-order valence-electron chi connectivity index (χ0n) is 14.0. The molecule has 0 radical (unpaired) electrons. The van der Waals surface area contributed by atoms with Gasteiger partial charge in [0.25, 0.3) is 5.56 Å². The fourth-order valence-corrected chi connectivity index (χ4v) is 3.12. The second kappa shape index (κ2) is 6.25. The summed E-state index contributed by atoms with van der Waals surface area (Å²) in [4.78, 5) is 20.2. The quantitative estimate of drug-likeness (QED) is 0.710. The number of primary sulfonamides is 1. The summed E-state index contributed by atoms with van der Waals surface area (Å²) in [5.74, 6) is 0.275. The van der Waals surface area contributed by atoms with Crippen molar-refractivity contribution < 1.29 is 8.42 Å². The van der Waals surface area contributed by atoms with Gasteiger partial charge in [-0.05, 0) is 24.6 Å². The Bertz CT molecular complexity index is 1180. The minimum atomic E-state index is -3.86. The Morgan fingerprint density at radius 3 is 2.31 bits per heavy atom. The molecule has 0 aliphatic carbocycles. The Hall–Kier alpha value is -3.22. The standard InChI is InChI=1S/C17H15N5O3S/c1-11-16(12-4-6-13(19-2)7-5-12)17(23)22(21(11)3)15-9-8-14(10-20-15)26(18,24)25/h4-10H,1,3H3,(H2,18,24,25). The van der Waals surface area contributed by atoms with Crippen LogP contribution < -0.4 is 10.7 Å². The molecule has 0 bridgehead atoms. The smallest absolute Gasteiger partial charge is 0.280 e. The first kappa shape index (κ1) is 17.6. The SMILES string of the molecule is [C-]#[N+]c1ccc(-c2c(C)n(C)n(-c3ccc(S(N)(=O)=O)cn3)c2=O)cc1. The van der Waals surface area contributed by atoms with Crippen LogP contribution >= 0.6 is 0 Å². The molecule has 0 aliphatic heterocycles. The van der Waals surface area contributed by atoms with Crippen molar-refractivity contribution in [3.63, 3.8) is 0 Å². The molecule has 1 aromatic carbocycles. The van der Waals surface area contributed by atoms with E-state index in [-0.39, 0.29) is 16.3 Å². The fourth-order valence-electron chi connectivity index (χ4n) is 2.67. The van der Waals surface area contributed by atoms with E-state index in [1.807, 2.05) is 0 Å². The first-order chi connectivity index (χ1) is 12.2. The monoisotopic (exact) mass is 369 g/mol. The molecule has 0 spiro atoms. The van der Waals surface area contributed by atoms with Crippen LogP contribution in [0.2, 0.25) is 0 Å². The van der Waals surface area contributed by atoms with Gasteiger partial charge >= 0.3 is 0 Å². The summed E-state index contributed by atoms with van der Waals surface area (Å²) in [7, 11) is -2.14. The molecule has 2 heterocycles. The molecule has 0 aliphatic rings. The number of pyridine rings is 1. The van der Waals surface area contributed by atoms with Crippen molar-refractivity contribution in [1.29, 1.82) is 0 Å². The Morgan fingerprint density at radius 2 is 1.81 bits per heavy atom. The number of nitrogens with two attached hydrogens (primary N) is 1. The van der Waals surface area contributed by atoms with Gasteiger partial charge in [-0.1, -0.05) is 24.3 Å². The van der Waals surface area contributed by atoms with Gasteiger partial charge in [-0.3, -0.25) is 9.48 Å². The molecule has 0 fully saturated rings. The van der Waals surface area contributed by atoms with Crippen molar-refractivity contribution in [2.24, 2.45) is 12.2 Å². The maximum absolute atomic E-state index is 12.9. The molecular weight excluding hydrogens is 354 g/mol. The van der Waals surface area contributed by atoms with Gasteiger partial charge in [-0.25, -0.2) is 23.4 Å². The van der Waals surface area contributed by atoms with Crippen LogP contribution in [-0.4, -0.2) is 22.8 Å². The summed E-state index contributed by atoms with van der Waals surface area (Å²) in [6, 6.07) is 9.47. The van der Waals surface area contributed by atoms with E-state index in [1.54, 1.807) is 42.9 Å². The van der Waals surface area contributed by atoms with Gasteiger partial charge in [0.1, 0.15) is 4.90 Å². The van der Waals surface area contributed by atoms with Gasteiger partial charge in [0.15, 0.2) is 11.5 Å². The van der Waals surface area contributed by atoms with Gasteiger partial charge in [0, 0.05) is 18.9 Å². The molecule has 2 aromatic heterocycles. The van der Waals surface area contributed by atoms with Crippen LogP contribution in [0.4, 0.5) is 5.69 Å². The number of nitrogens with zero attached hydrogens (tertiary/aromatic N) is 4. The van der Waals surface area contributed by atoms with Gasteiger partial charge in [-0.15, -0.1) is 0 Å². The largest absolute Gasteiger partial charge is 0.283 e. The van der Waals surface area contributed by atoms with Crippen LogP contribution in [0.3, 0.4) is 0 Å². The molecule has 0 unspecified atom stereocenters. The average molecular weight is 369 g/mol. The van der Waals surface area contributed by atoms with Crippen molar-refractivity contribution >= 4 is 15.7 Å². The molecule has 0 amide bonds. The van der Waals surface area contributed by atoms with E-state index in [2.05, 4.69) is 9.83 Å². The molecule has 3 aromatic rings. The fraction of sp³-hybridized carbons (Fsp3) is 0.118. The molecule has 0 saturated carbocycles. The topological polar surface area (TPSA) is 104 Å². The molecule has 9 heteroatoms. The Morgan fingerprint density at radius 1 is 1.15 bits per heavy atom. The molecule has 0 atom stereocenters. The van der Waals surface area contributed by atoms with Crippen LogP contribution in [0.5, 0.6) is 0 Å². The van der Waals surface area contributed by atoms with E-state index in [9.17, 15) is 13.2 Å². The molecule has 8 nitrogen and oxygen atoms in total. The predicted molar refractivity (Wildman–Crippen MR) is 96.6 cm³/mol. The van der Waals surface area contributed by atoms with E-state index in [4.69, 9.17) is 11.7 Å². The minimum absolute atomic E-state index is 0.129. The van der Waals surface area contributed by atoms with E-state index in [1.165, 1.54) is 16.8 Å². The molecule has 132 valence electrons. The zero-order chi connectivity index (χ0) is 19.1. The van der Waals surface area contributed by atoms with E-state index < -0.39 is 10.0 Å². The van der Waals surface area contributed by atoms with Crippen molar-refractivity contribution in [1.82, 2.24) is 14.3 Å². The number of rotatable bonds is 3. The first-order valence-corrected chi connectivity index (χ1v) is 9.04. The highest BCUT2D eigenvalue weighted by atomic mass is 32.2. The van der Waals surface area contributed by atoms with Gasteiger partial charge in [0.2, 0.25) is 10.0 Å². The summed E-state index contributed by atoms with van der Waals surface area (Å²) < 4.78 is 25.7. The third-order valence-electron chi connectivity index (χ3n) is 4.10. The first-order valence-electron chi connectivity index (χ1n) is 7.50. The highest BCUT2D eigenvalue weighted by Crippen LogP contribution is 2.24. The van der Waals surface area contributed by atoms with Gasteiger partial charge < -0.3 is 0 Å². The number of sulfonamides is 1. The minimum Gasteiger partial charge on any atom is -0.283 e. The zero-order valence-corrected chi connectivity index (χ0v) is 14.9. The molecule has 0 saturated heterocycles. The predicted octanol–water partition coefficient (Wildman–Crippen LogP) is 1.74. The third-order valence-corrected chi connectivity index (χ3v) is 5.00. The Kier molecular flexibility index (Phi) is 4.23. The van der Waals surface area contributed by atoms with Gasteiger partial charge in [-0.2, -0.15) is 4.68 Å². The Labute approximate surface area is 150 Å². The lowest BCUT2D eigenvalue weighted by atomic mass is 10.1. The summed E-state index contributed by atoms with van der Waals surface area (Å²) >= 11 is 0. The van der Waals surface area contributed by atoms with Crippen LogP contribution in [0.15, 0.2) is 52.3 Å².